The molecule has 0 atom stereocenters. The van der Waals surface area contributed by atoms with Crippen molar-refractivity contribution in [2.24, 2.45) is 0 Å². The summed E-state index contributed by atoms with van der Waals surface area (Å²) in [6, 6.07) is 4.09. The minimum atomic E-state index is 0.978. The first-order chi connectivity index (χ1) is 6.61. The van der Waals surface area contributed by atoms with Gasteiger partial charge in [0, 0.05) is 20.5 Å². The molecule has 0 aliphatic rings. The Kier molecular flexibility index (Phi) is 2.96. The Morgan fingerprint density at radius 1 is 1.07 bits per heavy atom. The number of hydrogen-bond acceptors (Lipinski definition) is 1. The van der Waals surface area contributed by atoms with Crippen molar-refractivity contribution in [3.05, 3.63) is 37.3 Å². The standard InChI is InChI=1S/C10H6Br3N/c1-5-7(11)3-2-6-9(13)8(12)4-14-10(5)6/h2-4H,1H3. The second-order valence-corrected chi connectivity index (χ2v) is 5.49. The number of hydrogen-bond donors (Lipinski definition) is 0. The molecule has 1 heterocycles. The van der Waals surface area contributed by atoms with Crippen molar-refractivity contribution in [2.45, 2.75) is 6.92 Å². The molecule has 2 rings (SSSR count). The fraction of sp³-hybridized carbons (Fsp3) is 0.100. The molecule has 0 amide bonds. The van der Waals surface area contributed by atoms with Gasteiger partial charge < -0.3 is 0 Å². The number of halogens is 3. The van der Waals surface area contributed by atoms with Crippen molar-refractivity contribution in [3.8, 4) is 0 Å². The lowest BCUT2D eigenvalue weighted by molar-refractivity contribution is 1.33. The van der Waals surface area contributed by atoms with E-state index in [0.717, 1.165) is 29.9 Å². The molecule has 1 aromatic carbocycles. The highest BCUT2D eigenvalue weighted by Crippen LogP contribution is 2.33. The molecular weight excluding hydrogens is 374 g/mol. The first kappa shape index (κ1) is 10.6. The zero-order valence-corrected chi connectivity index (χ0v) is 12.1. The predicted octanol–water partition coefficient (Wildman–Crippen LogP) is 4.83. The zero-order chi connectivity index (χ0) is 10.3. The van der Waals surface area contributed by atoms with Gasteiger partial charge in [0.25, 0.3) is 0 Å². The maximum absolute atomic E-state index is 4.40. The average Bonchev–Trinajstić information content (AvgIpc) is 2.17. The summed E-state index contributed by atoms with van der Waals surface area (Å²) in [5, 5.41) is 1.13. The van der Waals surface area contributed by atoms with E-state index < -0.39 is 0 Å². The Labute approximate surface area is 107 Å². The van der Waals surface area contributed by atoms with E-state index in [0.29, 0.717) is 0 Å². The highest BCUT2D eigenvalue weighted by atomic mass is 79.9. The molecule has 0 fully saturated rings. The molecule has 72 valence electrons. The molecule has 0 radical (unpaired) electrons. The van der Waals surface area contributed by atoms with Crippen LogP contribution in [-0.2, 0) is 0 Å². The van der Waals surface area contributed by atoms with E-state index in [-0.39, 0.29) is 0 Å². The number of aromatic nitrogens is 1. The molecule has 1 nitrogen and oxygen atoms in total. The minimum absolute atomic E-state index is 0.978. The van der Waals surface area contributed by atoms with Gasteiger partial charge in [-0.05, 0) is 50.4 Å². The summed E-state index contributed by atoms with van der Waals surface area (Å²) in [4.78, 5) is 4.40. The van der Waals surface area contributed by atoms with E-state index in [1.807, 2.05) is 18.3 Å². The van der Waals surface area contributed by atoms with Gasteiger partial charge in [0.1, 0.15) is 0 Å². The molecule has 0 N–H and O–H groups in total. The van der Waals surface area contributed by atoms with Crippen molar-refractivity contribution in [3.63, 3.8) is 0 Å². The maximum Gasteiger partial charge on any atom is 0.0754 e. The third-order valence-corrected chi connectivity index (χ3v) is 4.96. The van der Waals surface area contributed by atoms with Crippen molar-refractivity contribution in [1.29, 1.82) is 0 Å². The normalized spacial score (nSPS) is 10.9. The Balaban J connectivity index is 2.94. The molecule has 0 unspecified atom stereocenters. The summed E-state index contributed by atoms with van der Waals surface area (Å²) < 4.78 is 3.12. The van der Waals surface area contributed by atoms with Crippen LogP contribution in [0.2, 0.25) is 0 Å². The van der Waals surface area contributed by atoms with Crippen LogP contribution in [0.25, 0.3) is 10.9 Å². The molecular formula is C10H6Br3N. The van der Waals surface area contributed by atoms with Gasteiger partial charge in [-0.15, -0.1) is 0 Å². The number of rotatable bonds is 0. The Morgan fingerprint density at radius 2 is 1.79 bits per heavy atom. The summed E-state index contributed by atoms with van der Waals surface area (Å²) in [5.41, 5.74) is 2.19. The van der Waals surface area contributed by atoms with Crippen molar-refractivity contribution in [1.82, 2.24) is 4.98 Å². The molecule has 0 aliphatic carbocycles. The number of benzene rings is 1. The zero-order valence-electron chi connectivity index (χ0n) is 7.31. The van der Waals surface area contributed by atoms with Crippen LogP contribution in [0.3, 0.4) is 0 Å². The van der Waals surface area contributed by atoms with Crippen LogP contribution in [0, 0.1) is 6.92 Å². The quantitative estimate of drug-likeness (QED) is 0.638. The van der Waals surface area contributed by atoms with Crippen molar-refractivity contribution in [2.75, 3.05) is 0 Å². The number of pyridine rings is 1. The molecule has 0 bridgehead atoms. The predicted molar refractivity (Wildman–Crippen MR) is 69.6 cm³/mol. The lowest BCUT2D eigenvalue weighted by Gasteiger charge is -2.06. The minimum Gasteiger partial charge on any atom is -0.255 e. The SMILES string of the molecule is Cc1c(Br)ccc2c(Br)c(Br)cnc12. The molecule has 2 aromatic rings. The summed E-state index contributed by atoms with van der Waals surface area (Å²) in [7, 11) is 0. The lowest BCUT2D eigenvalue weighted by atomic mass is 10.1. The Hall–Kier alpha value is 0.0700. The Bertz CT molecular complexity index is 461. The van der Waals surface area contributed by atoms with Gasteiger partial charge in [0.05, 0.1) is 9.99 Å². The summed E-state index contributed by atoms with van der Waals surface area (Å²) >= 11 is 10.5. The van der Waals surface area contributed by atoms with E-state index in [2.05, 4.69) is 59.7 Å². The molecule has 0 saturated heterocycles. The fourth-order valence-electron chi connectivity index (χ4n) is 1.33. The van der Waals surface area contributed by atoms with Gasteiger partial charge in [0.2, 0.25) is 0 Å². The van der Waals surface area contributed by atoms with Gasteiger partial charge >= 0.3 is 0 Å². The van der Waals surface area contributed by atoms with Gasteiger partial charge in [-0.1, -0.05) is 22.0 Å². The smallest absolute Gasteiger partial charge is 0.0754 e. The molecule has 0 aliphatic heterocycles. The van der Waals surface area contributed by atoms with Crippen LogP contribution in [0.1, 0.15) is 5.56 Å². The average molecular weight is 380 g/mol. The summed E-state index contributed by atoms with van der Waals surface area (Å²) in [6.45, 7) is 2.06. The van der Waals surface area contributed by atoms with Gasteiger partial charge in [-0.3, -0.25) is 4.98 Å². The number of fused-ring (bicyclic) bond motifs is 1. The van der Waals surface area contributed by atoms with Gasteiger partial charge in [0.15, 0.2) is 0 Å². The fourth-order valence-corrected chi connectivity index (χ4v) is 2.38. The van der Waals surface area contributed by atoms with E-state index in [4.69, 9.17) is 0 Å². The van der Waals surface area contributed by atoms with E-state index in [9.17, 15) is 0 Å². The van der Waals surface area contributed by atoms with Gasteiger partial charge in [-0.2, -0.15) is 0 Å². The van der Waals surface area contributed by atoms with Gasteiger partial charge in [-0.25, -0.2) is 0 Å². The third-order valence-electron chi connectivity index (χ3n) is 2.12. The van der Waals surface area contributed by atoms with E-state index in [1.54, 1.807) is 0 Å². The number of aryl methyl sites for hydroxylation is 1. The first-order valence-electron chi connectivity index (χ1n) is 4.00. The second-order valence-electron chi connectivity index (χ2n) is 2.99. The summed E-state index contributed by atoms with van der Waals surface area (Å²) in [5.74, 6) is 0. The van der Waals surface area contributed by atoms with E-state index >= 15 is 0 Å². The molecule has 1 aromatic heterocycles. The highest BCUT2D eigenvalue weighted by Gasteiger charge is 2.07. The molecule has 0 spiro atoms. The largest absolute Gasteiger partial charge is 0.255 e. The van der Waals surface area contributed by atoms with Crippen LogP contribution < -0.4 is 0 Å². The lowest BCUT2D eigenvalue weighted by Crippen LogP contribution is -1.86. The van der Waals surface area contributed by atoms with Crippen LogP contribution in [-0.4, -0.2) is 4.98 Å². The first-order valence-corrected chi connectivity index (χ1v) is 6.38. The van der Waals surface area contributed by atoms with Crippen LogP contribution in [0.5, 0.6) is 0 Å². The Morgan fingerprint density at radius 3 is 2.50 bits per heavy atom. The number of nitrogens with zero attached hydrogens (tertiary/aromatic N) is 1. The van der Waals surface area contributed by atoms with E-state index in [1.165, 1.54) is 0 Å². The molecule has 0 saturated carbocycles. The highest BCUT2D eigenvalue weighted by molar-refractivity contribution is 9.13. The molecule has 14 heavy (non-hydrogen) atoms. The van der Waals surface area contributed by atoms with Crippen molar-refractivity contribution < 1.29 is 0 Å². The van der Waals surface area contributed by atoms with Crippen LogP contribution in [0.4, 0.5) is 0 Å². The monoisotopic (exact) mass is 377 g/mol. The van der Waals surface area contributed by atoms with Crippen LogP contribution in [0.15, 0.2) is 31.7 Å². The van der Waals surface area contributed by atoms with Crippen molar-refractivity contribution >= 4 is 58.7 Å². The summed E-state index contributed by atoms with van der Waals surface area (Å²) in [6.07, 6.45) is 1.81. The topological polar surface area (TPSA) is 12.9 Å². The molecule has 4 heteroatoms. The second kappa shape index (κ2) is 3.91. The van der Waals surface area contributed by atoms with Crippen LogP contribution >= 0.6 is 47.8 Å². The maximum atomic E-state index is 4.40. The third kappa shape index (κ3) is 1.64.